The predicted molar refractivity (Wildman–Crippen MR) is 103 cm³/mol. The first kappa shape index (κ1) is 20.2. The second-order valence-electron chi connectivity index (χ2n) is 8.42. The number of hydrogen-bond acceptors (Lipinski definition) is 6. The van der Waals surface area contributed by atoms with Crippen LogP contribution in [-0.4, -0.2) is 51.9 Å². The summed E-state index contributed by atoms with van der Waals surface area (Å²) in [6.07, 6.45) is 6.58. The topological polar surface area (TPSA) is 90.2 Å². The van der Waals surface area contributed by atoms with Crippen molar-refractivity contribution in [3.63, 3.8) is 0 Å². The molecule has 0 amide bonds. The summed E-state index contributed by atoms with van der Waals surface area (Å²) in [5, 5.41) is 0.0987. The molecule has 2 atom stereocenters. The van der Waals surface area contributed by atoms with E-state index in [1.165, 1.54) is 4.31 Å². The highest BCUT2D eigenvalue weighted by Crippen LogP contribution is 2.50. The van der Waals surface area contributed by atoms with Gasteiger partial charge in [-0.3, -0.25) is 0 Å². The highest BCUT2D eigenvalue weighted by atomic mass is 32.2. The average Bonchev–Trinajstić information content (AvgIpc) is 3.33. The SMILES string of the molecule is CC(C)c1nc(S(=O)(=O)N2CC3CCCC3(COc3ncc(F)cn3)C2)cn1C. The first-order valence-corrected chi connectivity index (χ1v) is 11.3. The van der Waals surface area contributed by atoms with Gasteiger partial charge in [-0.2, -0.15) is 4.31 Å². The molecule has 2 aliphatic rings. The Kier molecular flexibility index (Phi) is 5.10. The number of halogens is 1. The van der Waals surface area contributed by atoms with Crippen molar-refractivity contribution in [1.29, 1.82) is 0 Å². The summed E-state index contributed by atoms with van der Waals surface area (Å²) in [7, 11) is -1.86. The van der Waals surface area contributed by atoms with E-state index in [4.69, 9.17) is 4.74 Å². The molecule has 158 valence electrons. The third-order valence-corrected chi connectivity index (χ3v) is 7.79. The number of aryl methyl sites for hydroxylation is 1. The fourth-order valence-electron chi connectivity index (χ4n) is 4.61. The number of hydrogen-bond donors (Lipinski definition) is 0. The van der Waals surface area contributed by atoms with Gasteiger partial charge in [-0.25, -0.2) is 27.8 Å². The normalized spacial score (nSPS) is 24.9. The zero-order chi connectivity index (χ0) is 20.8. The lowest BCUT2D eigenvalue weighted by Gasteiger charge is -2.28. The Morgan fingerprint density at radius 2 is 2.07 bits per heavy atom. The predicted octanol–water partition coefficient (Wildman–Crippen LogP) is 2.34. The molecule has 10 heteroatoms. The molecular weight excluding hydrogens is 397 g/mol. The lowest BCUT2D eigenvalue weighted by atomic mass is 9.82. The number of rotatable bonds is 6. The summed E-state index contributed by atoms with van der Waals surface area (Å²) >= 11 is 0. The Labute approximate surface area is 170 Å². The first-order valence-electron chi connectivity index (χ1n) is 9.85. The molecule has 1 aliphatic carbocycles. The molecule has 0 aromatic carbocycles. The van der Waals surface area contributed by atoms with E-state index in [2.05, 4.69) is 15.0 Å². The van der Waals surface area contributed by atoms with Crippen LogP contribution in [0.1, 0.15) is 44.9 Å². The molecule has 2 fully saturated rings. The zero-order valence-electron chi connectivity index (χ0n) is 16.9. The number of imidazole rings is 1. The number of sulfonamides is 1. The van der Waals surface area contributed by atoms with Crippen molar-refractivity contribution in [3.8, 4) is 6.01 Å². The lowest BCUT2D eigenvalue weighted by Crippen LogP contribution is -2.36. The maximum atomic E-state index is 13.3. The van der Waals surface area contributed by atoms with Crippen LogP contribution in [0, 0.1) is 17.2 Å². The second-order valence-corrected chi connectivity index (χ2v) is 10.3. The Morgan fingerprint density at radius 3 is 2.72 bits per heavy atom. The van der Waals surface area contributed by atoms with Crippen LogP contribution in [0.4, 0.5) is 4.39 Å². The van der Waals surface area contributed by atoms with Crippen molar-refractivity contribution in [2.24, 2.45) is 18.4 Å². The van der Waals surface area contributed by atoms with Crippen LogP contribution >= 0.6 is 0 Å². The van der Waals surface area contributed by atoms with Crippen LogP contribution in [0.5, 0.6) is 6.01 Å². The fourth-order valence-corrected chi connectivity index (χ4v) is 6.18. The molecule has 1 aliphatic heterocycles. The summed E-state index contributed by atoms with van der Waals surface area (Å²) < 4.78 is 48.6. The first-order chi connectivity index (χ1) is 13.7. The van der Waals surface area contributed by atoms with Crippen molar-refractivity contribution in [3.05, 3.63) is 30.2 Å². The molecular formula is C19H26FN5O3S. The second kappa shape index (κ2) is 7.32. The molecule has 4 rings (SSSR count). The van der Waals surface area contributed by atoms with Crippen LogP contribution < -0.4 is 4.74 Å². The average molecular weight is 424 g/mol. The minimum Gasteiger partial charge on any atom is -0.463 e. The van der Waals surface area contributed by atoms with Gasteiger partial charge in [0.25, 0.3) is 10.0 Å². The van der Waals surface area contributed by atoms with Crippen molar-refractivity contribution >= 4 is 10.0 Å². The maximum absolute atomic E-state index is 13.3. The molecule has 0 spiro atoms. The van der Waals surface area contributed by atoms with Crippen LogP contribution in [0.15, 0.2) is 23.6 Å². The van der Waals surface area contributed by atoms with Crippen LogP contribution in [-0.2, 0) is 17.1 Å². The molecule has 0 radical (unpaired) electrons. The van der Waals surface area contributed by atoms with Gasteiger partial charge in [-0.15, -0.1) is 0 Å². The Balaban J connectivity index is 1.53. The van der Waals surface area contributed by atoms with Gasteiger partial charge in [0, 0.05) is 37.7 Å². The molecule has 8 nitrogen and oxygen atoms in total. The fraction of sp³-hybridized carbons (Fsp3) is 0.632. The van der Waals surface area contributed by atoms with Gasteiger partial charge < -0.3 is 9.30 Å². The highest BCUT2D eigenvalue weighted by Gasteiger charge is 2.53. The number of fused-ring (bicyclic) bond motifs is 1. The number of aromatic nitrogens is 4. The van der Waals surface area contributed by atoms with E-state index in [1.807, 2.05) is 20.9 Å². The van der Waals surface area contributed by atoms with Gasteiger partial charge in [-0.1, -0.05) is 20.3 Å². The maximum Gasteiger partial charge on any atom is 0.316 e. The van der Waals surface area contributed by atoms with Gasteiger partial charge in [0.2, 0.25) is 0 Å². The van der Waals surface area contributed by atoms with Crippen molar-refractivity contribution in [2.75, 3.05) is 19.7 Å². The third kappa shape index (κ3) is 3.63. The van der Waals surface area contributed by atoms with Crippen LogP contribution in [0.25, 0.3) is 0 Å². The van der Waals surface area contributed by atoms with Crippen molar-refractivity contribution < 1.29 is 17.5 Å². The molecule has 2 aromatic heterocycles. The van der Waals surface area contributed by atoms with Gasteiger partial charge in [0.05, 0.1) is 19.0 Å². The highest BCUT2D eigenvalue weighted by molar-refractivity contribution is 7.89. The Bertz CT molecular complexity index is 992. The van der Waals surface area contributed by atoms with Crippen molar-refractivity contribution in [2.45, 2.75) is 44.1 Å². The molecule has 3 heterocycles. The summed E-state index contributed by atoms with van der Waals surface area (Å²) in [5.41, 5.74) is -0.277. The summed E-state index contributed by atoms with van der Waals surface area (Å²) in [4.78, 5) is 12.1. The van der Waals surface area contributed by atoms with Gasteiger partial charge in [-0.05, 0) is 18.8 Å². The van der Waals surface area contributed by atoms with E-state index < -0.39 is 15.8 Å². The van der Waals surface area contributed by atoms with Crippen molar-refractivity contribution in [1.82, 2.24) is 23.8 Å². The van der Waals surface area contributed by atoms with E-state index in [1.54, 1.807) is 10.8 Å². The van der Waals surface area contributed by atoms with Gasteiger partial charge >= 0.3 is 6.01 Å². The summed E-state index contributed by atoms with van der Waals surface area (Å²) in [6, 6.07) is 0.110. The summed E-state index contributed by atoms with van der Waals surface area (Å²) in [6.45, 7) is 5.14. The minimum absolute atomic E-state index is 0.0987. The Hall–Kier alpha value is -2.07. The Morgan fingerprint density at radius 1 is 1.34 bits per heavy atom. The van der Waals surface area contributed by atoms with Gasteiger partial charge in [0.1, 0.15) is 5.82 Å². The van der Waals surface area contributed by atoms with E-state index in [0.29, 0.717) is 19.7 Å². The molecule has 1 saturated carbocycles. The van der Waals surface area contributed by atoms with E-state index in [0.717, 1.165) is 37.5 Å². The monoisotopic (exact) mass is 423 g/mol. The largest absolute Gasteiger partial charge is 0.463 e. The quantitative estimate of drug-likeness (QED) is 0.708. The van der Waals surface area contributed by atoms with E-state index in [9.17, 15) is 12.8 Å². The lowest BCUT2D eigenvalue weighted by molar-refractivity contribution is 0.125. The van der Waals surface area contributed by atoms with E-state index in [-0.39, 0.29) is 28.3 Å². The molecule has 0 bridgehead atoms. The van der Waals surface area contributed by atoms with Crippen LogP contribution in [0.2, 0.25) is 0 Å². The molecule has 0 N–H and O–H groups in total. The number of ether oxygens (including phenoxy) is 1. The zero-order valence-corrected chi connectivity index (χ0v) is 17.7. The van der Waals surface area contributed by atoms with E-state index >= 15 is 0 Å². The molecule has 1 saturated heterocycles. The smallest absolute Gasteiger partial charge is 0.316 e. The number of nitrogens with zero attached hydrogens (tertiary/aromatic N) is 5. The third-order valence-electron chi connectivity index (χ3n) is 6.10. The minimum atomic E-state index is -3.68. The van der Waals surface area contributed by atoms with Crippen LogP contribution in [0.3, 0.4) is 0 Å². The summed E-state index contributed by atoms with van der Waals surface area (Å²) in [5.74, 6) is 0.571. The molecule has 2 unspecified atom stereocenters. The molecule has 2 aromatic rings. The standard InChI is InChI=1S/C19H26FN5O3S/c1-13(2)17-23-16(10-24(17)3)29(26,27)25-9-14-5-4-6-19(14,11-25)12-28-18-21-7-15(20)8-22-18/h7-8,10,13-14H,4-6,9,11-12H2,1-3H3. The van der Waals surface area contributed by atoms with Gasteiger partial charge in [0.15, 0.2) is 10.8 Å². The molecule has 29 heavy (non-hydrogen) atoms.